The van der Waals surface area contributed by atoms with E-state index in [1.54, 1.807) is 0 Å². The van der Waals surface area contributed by atoms with Gasteiger partial charge in [0.1, 0.15) is 0 Å². The van der Waals surface area contributed by atoms with Crippen molar-refractivity contribution in [1.82, 2.24) is 14.9 Å². The minimum Gasteiger partial charge on any atom is -0.333 e. The number of aromatic nitrogens is 2. The molecule has 2 aliphatic rings. The van der Waals surface area contributed by atoms with Gasteiger partial charge in [-0.2, -0.15) is 0 Å². The quantitative estimate of drug-likeness (QED) is 0.904. The van der Waals surface area contributed by atoms with Crippen LogP contribution < -0.4 is 5.32 Å². The second-order valence-corrected chi connectivity index (χ2v) is 6.78. The summed E-state index contributed by atoms with van der Waals surface area (Å²) in [6.07, 6.45) is 14.1. The Bertz CT molecular complexity index is 387. The van der Waals surface area contributed by atoms with E-state index in [1.165, 1.54) is 38.5 Å². The fourth-order valence-electron chi connectivity index (χ4n) is 4.15. The third-order valence-electron chi connectivity index (χ3n) is 5.25. The van der Waals surface area contributed by atoms with E-state index in [4.69, 9.17) is 0 Å². The van der Waals surface area contributed by atoms with E-state index < -0.39 is 0 Å². The predicted octanol–water partition coefficient (Wildman–Crippen LogP) is 3.39. The molecule has 1 heterocycles. The number of nitrogens with zero attached hydrogens (tertiary/aromatic N) is 2. The molecule has 1 N–H and O–H groups in total. The molecule has 1 aromatic rings. The zero-order valence-corrected chi connectivity index (χ0v) is 12.3. The topological polar surface area (TPSA) is 29.9 Å². The number of nitrogens with one attached hydrogen (secondary N) is 1. The van der Waals surface area contributed by atoms with Crippen molar-refractivity contribution in [1.29, 1.82) is 0 Å². The van der Waals surface area contributed by atoms with Crippen LogP contribution in [0.5, 0.6) is 0 Å². The SMILES string of the molecule is CC1CCC(NC2CCCC2n2ccnc2)C(C)C1. The molecule has 2 aliphatic carbocycles. The fraction of sp³-hybridized carbons (Fsp3) is 0.812. The van der Waals surface area contributed by atoms with Crippen LogP contribution in [0.2, 0.25) is 0 Å². The average molecular weight is 261 g/mol. The maximum Gasteiger partial charge on any atom is 0.0949 e. The van der Waals surface area contributed by atoms with Crippen molar-refractivity contribution in [3.63, 3.8) is 0 Å². The molecule has 0 bridgehead atoms. The van der Waals surface area contributed by atoms with Crippen LogP contribution in [0.25, 0.3) is 0 Å². The molecule has 1 aromatic heterocycles. The van der Waals surface area contributed by atoms with Gasteiger partial charge in [-0.3, -0.25) is 0 Å². The van der Waals surface area contributed by atoms with Gasteiger partial charge in [-0.25, -0.2) is 4.98 Å². The van der Waals surface area contributed by atoms with Crippen LogP contribution in [0.15, 0.2) is 18.7 Å². The molecule has 2 fully saturated rings. The molecule has 0 radical (unpaired) electrons. The molecule has 0 aromatic carbocycles. The predicted molar refractivity (Wildman–Crippen MR) is 78.0 cm³/mol. The summed E-state index contributed by atoms with van der Waals surface area (Å²) in [6.45, 7) is 4.82. The number of hydrogen-bond acceptors (Lipinski definition) is 2. The Kier molecular flexibility index (Phi) is 3.92. The largest absolute Gasteiger partial charge is 0.333 e. The van der Waals surface area contributed by atoms with E-state index in [0.29, 0.717) is 12.1 Å². The van der Waals surface area contributed by atoms with E-state index in [9.17, 15) is 0 Å². The van der Waals surface area contributed by atoms with E-state index in [2.05, 4.69) is 34.9 Å². The summed E-state index contributed by atoms with van der Waals surface area (Å²) in [5.41, 5.74) is 0. The molecule has 2 saturated carbocycles. The molecule has 0 saturated heterocycles. The molecule has 3 rings (SSSR count). The van der Waals surface area contributed by atoms with E-state index >= 15 is 0 Å². The fourth-order valence-corrected chi connectivity index (χ4v) is 4.15. The lowest BCUT2D eigenvalue weighted by Gasteiger charge is -2.36. The number of hydrogen-bond donors (Lipinski definition) is 1. The van der Waals surface area contributed by atoms with Crippen LogP contribution >= 0.6 is 0 Å². The Morgan fingerprint density at radius 2 is 2.00 bits per heavy atom. The minimum absolute atomic E-state index is 0.619. The summed E-state index contributed by atoms with van der Waals surface area (Å²) >= 11 is 0. The van der Waals surface area contributed by atoms with Crippen molar-refractivity contribution < 1.29 is 0 Å². The molecule has 0 amide bonds. The summed E-state index contributed by atoms with van der Waals surface area (Å²) in [6, 6.07) is 1.99. The molecule has 5 atom stereocenters. The number of imidazole rings is 1. The third kappa shape index (κ3) is 2.86. The van der Waals surface area contributed by atoms with Crippen molar-refractivity contribution in [2.24, 2.45) is 11.8 Å². The number of rotatable bonds is 3. The summed E-state index contributed by atoms with van der Waals surface area (Å²) < 4.78 is 2.31. The van der Waals surface area contributed by atoms with Crippen LogP contribution in [0, 0.1) is 11.8 Å². The normalized spacial score (nSPS) is 39.6. The molecular weight excluding hydrogens is 234 g/mol. The maximum atomic E-state index is 4.21. The van der Waals surface area contributed by atoms with Gasteiger partial charge in [0.2, 0.25) is 0 Å². The smallest absolute Gasteiger partial charge is 0.0949 e. The van der Waals surface area contributed by atoms with Crippen LogP contribution in [0.3, 0.4) is 0 Å². The molecule has 3 nitrogen and oxygen atoms in total. The van der Waals surface area contributed by atoms with Crippen molar-refractivity contribution in [2.75, 3.05) is 0 Å². The van der Waals surface area contributed by atoms with Crippen molar-refractivity contribution >= 4 is 0 Å². The van der Waals surface area contributed by atoms with Gasteiger partial charge in [-0.05, 0) is 50.4 Å². The second kappa shape index (κ2) is 5.66. The van der Waals surface area contributed by atoms with Crippen molar-refractivity contribution in [3.05, 3.63) is 18.7 Å². The summed E-state index contributed by atoms with van der Waals surface area (Å²) in [5.74, 6) is 1.74. The Morgan fingerprint density at radius 1 is 1.11 bits per heavy atom. The van der Waals surface area contributed by atoms with Gasteiger partial charge in [0.25, 0.3) is 0 Å². The highest BCUT2D eigenvalue weighted by Crippen LogP contribution is 2.34. The van der Waals surface area contributed by atoms with Crippen LogP contribution in [0.1, 0.15) is 58.4 Å². The molecule has 5 unspecified atom stereocenters. The summed E-state index contributed by atoms with van der Waals surface area (Å²) in [4.78, 5) is 4.21. The molecule has 0 aliphatic heterocycles. The van der Waals surface area contributed by atoms with Crippen molar-refractivity contribution in [3.8, 4) is 0 Å². The molecule has 106 valence electrons. The first kappa shape index (κ1) is 13.2. The Balaban J connectivity index is 1.62. The highest BCUT2D eigenvalue weighted by atomic mass is 15.1. The summed E-state index contributed by atoms with van der Waals surface area (Å²) in [5, 5.41) is 3.98. The minimum atomic E-state index is 0.619. The molecule has 0 spiro atoms. The maximum absolute atomic E-state index is 4.21. The standard InChI is InChI=1S/C16H27N3/c1-12-6-7-14(13(2)10-12)18-15-4-3-5-16(15)19-9-8-17-11-19/h8-9,11-16,18H,3-7,10H2,1-2H3. The zero-order valence-electron chi connectivity index (χ0n) is 12.3. The highest BCUT2D eigenvalue weighted by Gasteiger charge is 2.33. The Hall–Kier alpha value is -0.830. The monoisotopic (exact) mass is 261 g/mol. The van der Waals surface area contributed by atoms with E-state index in [0.717, 1.165) is 17.9 Å². The lowest BCUT2D eigenvalue weighted by molar-refractivity contribution is 0.202. The molecular formula is C16H27N3. The molecule has 19 heavy (non-hydrogen) atoms. The van der Waals surface area contributed by atoms with Gasteiger partial charge in [0, 0.05) is 30.5 Å². The Labute approximate surface area is 116 Å². The van der Waals surface area contributed by atoms with Gasteiger partial charge in [-0.1, -0.05) is 13.8 Å². The summed E-state index contributed by atoms with van der Waals surface area (Å²) in [7, 11) is 0. The van der Waals surface area contributed by atoms with Gasteiger partial charge in [-0.15, -0.1) is 0 Å². The van der Waals surface area contributed by atoms with Gasteiger partial charge < -0.3 is 9.88 Å². The van der Waals surface area contributed by atoms with Gasteiger partial charge in [0.05, 0.1) is 6.33 Å². The first-order chi connectivity index (χ1) is 9.24. The van der Waals surface area contributed by atoms with E-state index in [1.807, 2.05) is 12.5 Å². The highest BCUT2D eigenvalue weighted by molar-refractivity contribution is 4.94. The van der Waals surface area contributed by atoms with Crippen LogP contribution in [-0.2, 0) is 0 Å². The zero-order chi connectivity index (χ0) is 13.2. The van der Waals surface area contributed by atoms with E-state index in [-0.39, 0.29) is 0 Å². The van der Waals surface area contributed by atoms with Crippen LogP contribution in [0.4, 0.5) is 0 Å². The lowest BCUT2D eigenvalue weighted by atomic mass is 9.79. The van der Waals surface area contributed by atoms with Gasteiger partial charge in [0.15, 0.2) is 0 Å². The Morgan fingerprint density at radius 3 is 2.74 bits per heavy atom. The second-order valence-electron chi connectivity index (χ2n) is 6.78. The third-order valence-corrected chi connectivity index (χ3v) is 5.25. The van der Waals surface area contributed by atoms with Gasteiger partial charge >= 0.3 is 0 Å². The first-order valence-corrected chi connectivity index (χ1v) is 7.97. The lowest BCUT2D eigenvalue weighted by Crippen LogP contribution is -2.46. The first-order valence-electron chi connectivity index (χ1n) is 7.97. The van der Waals surface area contributed by atoms with Crippen LogP contribution in [-0.4, -0.2) is 21.6 Å². The van der Waals surface area contributed by atoms with Crippen molar-refractivity contribution in [2.45, 2.75) is 70.5 Å². The molecule has 3 heteroatoms. The average Bonchev–Trinajstić information content (AvgIpc) is 3.03.